The molecule has 1 heteroatoms. The molecule has 7 aromatic rings. The first-order valence-electron chi connectivity index (χ1n) is 17.7. The Morgan fingerprint density at radius 2 is 0.922 bits per heavy atom. The van der Waals surface area contributed by atoms with Gasteiger partial charge in [-0.2, -0.15) is 0 Å². The molecule has 0 bridgehead atoms. The van der Waals surface area contributed by atoms with Crippen molar-refractivity contribution in [1.82, 2.24) is 0 Å². The summed E-state index contributed by atoms with van der Waals surface area (Å²) >= 11 is 0. The minimum absolute atomic E-state index is 0.385. The Morgan fingerprint density at radius 3 is 1.53 bits per heavy atom. The molecule has 1 spiro atoms. The van der Waals surface area contributed by atoms with E-state index in [0.717, 1.165) is 29.1 Å². The van der Waals surface area contributed by atoms with Crippen molar-refractivity contribution in [3.05, 3.63) is 229 Å². The molecule has 51 heavy (non-hydrogen) atoms. The number of rotatable bonds is 5. The molecule has 2 aliphatic rings. The molecular weight excluding hydrogens is 615 g/mol. The van der Waals surface area contributed by atoms with Crippen molar-refractivity contribution < 1.29 is 0 Å². The van der Waals surface area contributed by atoms with Crippen LogP contribution >= 0.6 is 0 Å². The first kappa shape index (κ1) is 30.6. The molecule has 0 radical (unpaired) electrons. The van der Waals surface area contributed by atoms with E-state index in [9.17, 15) is 0 Å². The van der Waals surface area contributed by atoms with E-state index in [4.69, 9.17) is 0 Å². The van der Waals surface area contributed by atoms with Crippen LogP contribution in [0.1, 0.15) is 28.7 Å². The summed E-state index contributed by atoms with van der Waals surface area (Å²) < 4.78 is 0. The van der Waals surface area contributed by atoms with E-state index in [1.807, 2.05) is 0 Å². The summed E-state index contributed by atoms with van der Waals surface area (Å²) in [5, 5.41) is 0. The van der Waals surface area contributed by atoms with Crippen molar-refractivity contribution in [2.75, 3.05) is 4.90 Å². The molecule has 0 aromatic heterocycles. The predicted molar refractivity (Wildman–Crippen MR) is 216 cm³/mol. The molecule has 242 valence electrons. The van der Waals surface area contributed by atoms with Gasteiger partial charge in [0.1, 0.15) is 0 Å². The highest BCUT2D eigenvalue weighted by atomic mass is 15.1. The Balaban J connectivity index is 1.28. The van der Waals surface area contributed by atoms with Gasteiger partial charge in [-0.1, -0.05) is 176 Å². The summed E-state index contributed by atoms with van der Waals surface area (Å²) in [5.41, 5.74) is 16.5. The maximum Gasteiger partial charge on any atom is 0.0543 e. The number of hydrogen-bond donors (Lipinski definition) is 0. The lowest BCUT2D eigenvalue weighted by molar-refractivity contribution is 0.643. The molecule has 0 saturated carbocycles. The Bertz CT molecular complexity index is 2350. The van der Waals surface area contributed by atoms with Gasteiger partial charge >= 0.3 is 0 Å². The number of hydrogen-bond acceptors (Lipinski definition) is 1. The summed E-state index contributed by atoms with van der Waals surface area (Å²) in [5.74, 6) is 0. The number of allylic oxidation sites excluding steroid dienone is 5. The molecule has 1 atom stereocenters. The highest BCUT2D eigenvalue weighted by molar-refractivity contribution is 5.97. The van der Waals surface area contributed by atoms with Gasteiger partial charge in [0.15, 0.2) is 0 Å². The maximum atomic E-state index is 4.52. The van der Waals surface area contributed by atoms with E-state index in [1.54, 1.807) is 0 Å². The van der Waals surface area contributed by atoms with Gasteiger partial charge in [-0.05, 0) is 92.4 Å². The zero-order valence-corrected chi connectivity index (χ0v) is 28.4. The Labute approximate surface area is 300 Å². The average Bonchev–Trinajstić information content (AvgIpc) is 3.52. The van der Waals surface area contributed by atoms with Crippen LogP contribution in [0.5, 0.6) is 0 Å². The zero-order chi connectivity index (χ0) is 34.2. The van der Waals surface area contributed by atoms with Crippen LogP contribution in [0.15, 0.2) is 207 Å². The van der Waals surface area contributed by atoms with Crippen LogP contribution in [0.25, 0.3) is 39.0 Å². The van der Waals surface area contributed by atoms with E-state index in [-0.39, 0.29) is 5.41 Å². The number of benzene rings is 7. The highest BCUT2D eigenvalue weighted by Crippen LogP contribution is 2.59. The molecule has 0 N–H and O–H groups in total. The quantitative estimate of drug-likeness (QED) is 0.179. The lowest BCUT2D eigenvalue weighted by atomic mass is 9.68. The molecule has 1 unspecified atom stereocenters. The van der Waals surface area contributed by atoms with Gasteiger partial charge in [0, 0.05) is 16.9 Å². The summed E-state index contributed by atoms with van der Waals surface area (Å²) in [6, 6.07) is 64.0. The second kappa shape index (κ2) is 12.8. The number of nitrogens with zero attached hydrogens (tertiary/aromatic N) is 1. The fraction of sp³-hybridized carbons (Fsp3) is 0.0400. The Kier molecular flexibility index (Phi) is 7.67. The van der Waals surface area contributed by atoms with Crippen molar-refractivity contribution in [3.63, 3.8) is 0 Å². The van der Waals surface area contributed by atoms with Crippen LogP contribution in [0, 0.1) is 0 Å². The van der Waals surface area contributed by atoms with Crippen molar-refractivity contribution in [2.45, 2.75) is 11.8 Å². The second-order valence-electron chi connectivity index (χ2n) is 13.4. The largest absolute Gasteiger partial charge is 0.310 e. The van der Waals surface area contributed by atoms with Crippen LogP contribution in [-0.4, -0.2) is 0 Å². The lowest BCUT2D eigenvalue weighted by Gasteiger charge is -2.34. The molecule has 1 nitrogen and oxygen atoms in total. The number of anilines is 3. The van der Waals surface area contributed by atoms with Gasteiger partial charge in [-0.25, -0.2) is 0 Å². The van der Waals surface area contributed by atoms with Crippen molar-refractivity contribution in [3.8, 4) is 33.4 Å². The van der Waals surface area contributed by atoms with Crippen LogP contribution in [0.3, 0.4) is 0 Å². The predicted octanol–water partition coefficient (Wildman–Crippen LogP) is 13.3. The molecule has 2 aliphatic carbocycles. The van der Waals surface area contributed by atoms with Gasteiger partial charge in [0.05, 0.1) is 11.1 Å². The van der Waals surface area contributed by atoms with E-state index >= 15 is 0 Å². The van der Waals surface area contributed by atoms with Gasteiger partial charge in [0.2, 0.25) is 0 Å². The fourth-order valence-corrected chi connectivity index (χ4v) is 8.22. The van der Waals surface area contributed by atoms with E-state index in [2.05, 4.69) is 212 Å². The normalized spacial score (nSPS) is 17.0. The highest BCUT2D eigenvalue weighted by Gasteiger charge is 2.46. The van der Waals surface area contributed by atoms with Crippen molar-refractivity contribution in [2.24, 2.45) is 0 Å². The standard InChI is InChI=1S/C50H37N/c1-36-16-5-4-14-35-50(45-23-12-10-21-43(36)45)46-24-13-11-22-44(46)49-47(50)25-15-26-48(49)51(41-31-27-39(28-32-41)37-17-6-2-7-18-37)42-33-29-40(30-34-42)38-19-8-3-9-20-38/h2-34H,1,35H2/b14-4-,16-5-. The maximum absolute atomic E-state index is 4.52. The topological polar surface area (TPSA) is 3.24 Å². The van der Waals surface area contributed by atoms with Gasteiger partial charge in [-0.3, -0.25) is 0 Å². The van der Waals surface area contributed by atoms with Crippen LogP contribution < -0.4 is 4.90 Å². The van der Waals surface area contributed by atoms with Crippen LogP contribution in [0.2, 0.25) is 0 Å². The van der Waals surface area contributed by atoms with Crippen LogP contribution in [0.4, 0.5) is 17.1 Å². The SMILES string of the molecule is C=C1/C=C\C=C/CC2(c3ccccc31)c1ccccc1-c1c(N(c3ccc(-c4ccccc4)cc3)c3ccc(-c4ccccc4)cc3)cccc12. The average molecular weight is 652 g/mol. The van der Waals surface area contributed by atoms with Crippen molar-refractivity contribution in [1.29, 1.82) is 0 Å². The lowest BCUT2D eigenvalue weighted by Crippen LogP contribution is -2.27. The number of fused-ring (bicyclic) bond motifs is 7. The molecule has 0 aliphatic heterocycles. The third-order valence-electron chi connectivity index (χ3n) is 10.6. The first-order chi connectivity index (χ1) is 25.2. The molecule has 0 fully saturated rings. The Morgan fingerprint density at radius 1 is 0.431 bits per heavy atom. The molecule has 7 aromatic carbocycles. The molecule has 9 rings (SSSR count). The van der Waals surface area contributed by atoms with Gasteiger partial charge in [0.25, 0.3) is 0 Å². The monoisotopic (exact) mass is 651 g/mol. The zero-order valence-electron chi connectivity index (χ0n) is 28.4. The smallest absolute Gasteiger partial charge is 0.0543 e. The summed E-state index contributed by atoms with van der Waals surface area (Å²) in [6.45, 7) is 4.52. The minimum atomic E-state index is -0.385. The van der Waals surface area contributed by atoms with E-state index in [0.29, 0.717) is 0 Å². The molecule has 0 heterocycles. The second-order valence-corrected chi connectivity index (χ2v) is 13.4. The van der Waals surface area contributed by atoms with Gasteiger partial charge < -0.3 is 4.90 Å². The van der Waals surface area contributed by atoms with E-state index in [1.165, 1.54) is 55.6 Å². The first-order valence-corrected chi connectivity index (χ1v) is 17.7. The third-order valence-corrected chi connectivity index (χ3v) is 10.6. The molecule has 0 saturated heterocycles. The fourth-order valence-electron chi connectivity index (χ4n) is 8.22. The molecule has 0 amide bonds. The Hall–Kier alpha value is -6.44. The minimum Gasteiger partial charge on any atom is -0.310 e. The van der Waals surface area contributed by atoms with Crippen LogP contribution in [-0.2, 0) is 5.41 Å². The third kappa shape index (κ3) is 5.18. The van der Waals surface area contributed by atoms with Crippen molar-refractivity contribution >= 4 is 22.6 Å². The summed E-state index contributed by atoms with van der Waals surface area (Å²) in [7, 11) is 0. The molecular formula is C50H37N. The van der Waals surface area contributed by atoms with Gasteiger partial charge in [-0.15, -0.1) is 0 Å². The van der Waals surface area contributed by atoms with E-state index < -0.39 is 0 Å². The summed E-state index contributed by atoms with van der Waals surface area (Å²) in [6.07, 6.45) is 9.60. The summed E-state index contributed by atoms with van der Waals surface area (Å²) in [4.78, 5) is 2.44.